The monoisotopic (exact) mass is 375 g/mol. The van der Waals surface area contributed by atoms with Crippen LogP contribution in [0.3, 0.4) is 0 Å². The van der Waals surface area contributed by atoms with Crippen molar-refractivity contribution in [1.29, 1.82) is 0 Å². The molecule has 0 saturated heterocycles. The molecule has 0 fully saturated rings. The highest BCUT2D eigenvalue weighted by Crippen LogP contribution is 2.17. The third kappa shape index (κ3) is 3.56. The zero-order valence-corrected chi connectivity index (χ0v) is 14.4. The number of rotatable bonds is 4. The van der Waals surface area contributed by atoms with Gasteiger partial charge in [-0.2, -0.15) is 10.1 Å². The SMILES string of the molecule is O=C(N/N=C/c1c[nH]c2ccccc12)c1cc(-c2ccc(F)cc2)nc(=O)[nH]1. The van der Waals surface area contributed by atoms with Gasteiger partial charge in [0.1, 0.15) is 11.5 Å². The van der Waals surface area contributed by atoms with Crippen LogP contribution in [0.15, 0.2) is 70.7 Å². The van der Waals surface area contributed by atoms with Crippen LogP contribution >= 0.6 is 0 Å². The number of halogens is 1. The molecule has 4 rings (SSSR count). The Labute approximate surface area is 158 Å². The van der Waals surface area contributed by atoms with Crippen molar-refractivity contribution < 1.29 is 9.18 Å². The highest BCUT2D eigenvalue weighted by molar-refractivity contribution is 6.00. The van der Waals surface area contributed by atoms with Gasteiger partial charge in [0.2, 0.25) is 0 Å². The number of hydrazone groups is 1. The number of carbonyl (C=O) groups excluding carboxylic acids is 1. The topological polar surface area (TPSA) is 103 Å². The molecule has 2 aromatic heterocycles. The van der Waals surface area contributed by atoms with E-state index in [9.17, 15) is 14.0 Å². The van der Waals surface area contributed by atoms with Crippen molar-refractivity contribution in [3.63, 3.8) is 0 Å². The summed E-state index contributed by atoms with van der Waals surface area (Å²) in [4.78, 5) is 33.4. The van der Waals surface area contributed by atoms with Crippen molar-refractivity contribution in [1.82, 2.24) is 20.4 Å². The third-order valence-corrected chi connectivity index (χ3v) is 4.12. The average molecular weight is 375 g/mol. The first-order chi connectivity index (χ1) is 13.6. The van der Waals surface area contributed by atoms with Crippen LogP contribution in [-0.2, 0) is 0 Å². The molecule has 7 nitrogen and oxygen atoms in total. The molecule has 0 atom stereocenters. The predicted octanol–water partition coefficient (Wildman–Crippen LogP) is 2.82. The molecule has 8 heteroatoms. The van der Waals surface area contributed by atoms with Crippen LogP contribution in [0, 0.1) is 5.82 Å². The van der Waals surface area contributed by atoms with E-state index < -0.39 is 17.4 Å². The number of aromatic amines is 2. The van der Waals surface area contributed by atoms with Gasteiger partial charge in [0.15, 0.2) is 0 Å². The molecule has 2 aromatic carbocycles. The van der Waals surface area contributed by atoms with E-state index in [-0.39, 0.29) is 11.4 Å². The lowest BCUT2D eigenvalue weighted by molar-refractivity contribution is 0.0949. The minimum atomic E-state index is -0.687. The number of amides is 1. The molecule has 0 radical (unpaired) electrons. The number of hydrogen-bond donors (Lipinski definition) is 3. The van der Waals surface area contributed by atoms with Crippen molar-refractivity contribution in [3.05, 3.63) is 88.4 Å². The van der Waals surface area contributed by atoms with Gasteiger partial charge in [-0.25, -0.2) is 14.6 Å². The fourth-order valence-corrected chi connectivity index (χ4v) is 2.77. The Kier molecular flexibility index (Phi) is 4.51. The van der Waals surface area contributed by atoms with Crippen molar-refractivity contribution in [2.24, 2.45) is 5.10 Å². The summed E-state index contributed by atoms with van der Waals surface area (Å²) in [6.45, 7) is 0. The number of aromatic nitrogens is 3. The number of para-hydroxylation sites is 1. The number of carbonyl (C=O) groups is 1. The first-order valence-electron chi connectivity index (χ1n) is 8.37. The van der Waals surface area contributed by atoms with Gasteiger partial charge in [-0.15, -0.1) is 0 Å². The quantitative estimate of drug-likeness (QED) is 0.377. The van der Waals surface area contributed by atoms with E-state index in [1.807, 2.05) is 24.3 Å². The first kappa shape index (κ1) is 17.3. The largest absolute Gasteiger partial charge is 0.361 e. The lowest BCUT2D eigenvalue weighted by atomic mass is 10.1. The maximum Gasteiger partial charge on any atom is 0.346 e. The van der Waals surface area contributed by atoms with E-state index in [1.165, 1.54) is 36.5 Å². The van der Waals surface area contributed by atoms with Crippen LogP contribution < -0.4 is 11.1 Å². The lowest BCUT2D eigenvalue weighted by Crippen LogP contribution is -2.24. The maximum atomic E-state index is 13.1. The van der Waals surface area contributed by atoms with Gasteiger partial charge < -0.3 is 9.97 Å². The number of nitrogens with zero attached hydrogens (tertiary/aromatic N) is 2. The molecule has 1 amide bonds. The molecule has 0 aliphatic heterocycles. The summed E-state index contributed by atoms with van der Waals surface area (Å²) in [6.07, 6.45) is 3.29. The van der Waals surface area contributed by atoms with Crippen LogP contribution in [0.1, 0.15) is 16.1 Å². The molecule has 0 bridgehead atoms. The van der Waals surface area contributed by atoms with E-state index in [2.05, 4.69) is 25.5 Å². The zero-order chi connectivity index (χ0) is 19.5. The van der Waals surface area contributed by atoms with Crippen LogP contribution in [0.5, 0.6) is 0 Å². The molecule has 0 spiro atoms. The normalized spacial score (nSPS) is 11.2. The summed E-state index contributed by atoms with van der Waals surface area (Å²) in [6, 6.07) is 14.6. The van der Waals surface area contributed by atoms with E-state index >= 15 is 0 Å². The zero-order valence-electron chi connectivity index (χ0n) is 14.4. The smallest absolute Gasteiger partial charge is 0.346 e. The van der Waals surface area contributed by atoms with Crippen LogP contribution in [0.2, 0.25) is 0 Å². The standard InChI is InChI=1S/C20H14FN5O2/c21-14-7-5-12(6-8-14)17-9-18(25-20(28)24-17)19(27)26-23-11-13-10-22-16-4-2-1-3-15(13)16/h1-11,22H,(H,26,27)(H,24,25,28)/b23-11+. The fraction of sp³-hybridized carbons (Fsp3) is 0. The van der Waals surface area contributed by atoms with Crippen molar-refractivity contribution in [2.45, 2.75) is 0 Å². The van der Waals surface area contributed by atoms with E-state index in [0.29, 0.717) is 5.56 Å². The third-order valence-electron chi connectivity index (χ3n) is 4.12. The Balaban J connectivity index is 1.55. The average Bonchev–Trinajstić information content (AvgIpc) is 3.11. The second-order valence-corrected chi connectivity index (χ2v) is 5.98. The van der Waals surface area contributed by atoms with Gasteiger partial charge in [0.25, 0.3) is 5.91 Å². The van der Waals surface area contributed by atoms with E-state index in [0.717, 1.165) is 16.5 Å². The molecular weight excluding hydrogens is 361 g/mol. The highest BCUT2D eigenvalue weighted by Gasteiger charge is 2.10. The van der Waals surface area contributed by atoms with Gasteiger partial charge >= 0.3 is 5.69 Å². The van der Waals surface area contributed by atoms with Crippen molar-refractivity contribution in [3.8, 4) is 11.3 Å². The van der Waals surface area contributed by atoms with Gasteiger partial charge in [-0.3, -0.25) is 4.79 Å². The highest BCUT2D eigenvalue weighted by atomic mass is 19.1. The Hall–Kier alpha value is -4.07. The van der Waals surface area contributed by atoms with Crippen molar-refractivity contribution in [2.75, 3.05) is 0 Å². The van der Waals surface area contributed by atoms with Gasteiger partial charge in [0, 0.05) is 28.2 Å². The number of hydrogen-bond acceptors (Lipinski definition) is 4. The van der Waals surface area contributed by atoms with Crippen molar-refractivity contribution >= 4 is 23.0 Å². The summed E-state index contributed by atoms with van der Waals surface area (Å²) < 4.78 is 13.1. The summed E-state index contributed by atoms with van der Waals surface area (Å²) in [5.74, 6) is -1.00. The van der Waals surface area contributed by atoms with Gasteiger partial charge in [0.05, 0.1) is 11.9 Å². The van der Waals surface area contributed by atoms with E-state index in [1.54, 1.807) is 6.20 Å². The number of fused-ring (bicyclic) bond motifs is 1. The Morgan fingerprint density at radius 3 is 2.75 bits per heavy atom. The van der Waals surface area contributed by atoms with Crippen LogP contribution in [-0.4, -0.2) is 27.1 Å². The molecule has 0 aliphatic rings. The Bertz CT molecular complexity index is 1240. The minimum Gasteiger partial charge on any atom is -0.361 e. The molecule has 0 unspecified atom stereocenters. The summed E-state index contributed by atoms with van der Waals surface area (Å²) in [5, 5.41) is 4.92. The maximum absolute atomic E-state index is 13.1. The molecule has 0 aliphatic carbocycles. The summed E-state index contributed by atoms with van der Waals surface area (Å²) in [5.41, 5.74) is 4.23. The second kappa shape index (κ2) is 7.28. The molecule has 4 aromatic rings. The number of benzene rings is 2. The summed E-state index contributed by atoms with van der Waals surface area (Å²) >= 11 is 0. The first-order valence-corrected chi connectivity index (χ1v) is 8.37. The molecule has 0 saturated carbocycles. The van der Waals surface area contributed by atoms with Crippen LogP contribution in [0.25, 0.3) is 22.2 Å². The van der Waals surface area contributed by atoms with E-state index in [4.69, 9.17) is 0 Å². The molecule has 3 N–H and O–H groups in total. The minimum absolute atomic E-state index is 0.00426. The van der Waals surface area contributed by atoms with Gasteiger partial charge in [-0.1, -0.05) is 18.2 Å². The molecule has 2 heterocycles. The van der Waals surface area contributed by atoms with Crippen LogP contribution in [0.4, 0.5) is 4.39 Å². The molecule has 138 valence electrons. The predicted molar refractivity (Wildman–Crippen MR) is 104 cm³/mol. The number of nitrogens with one attached hydrogen (secondary N) is 3. The molecular formula is C20H14FN5O2. The Morgan fingerprint density at radius 1 is 1.14 bits per heavy atom. The van der Waals surface area contributed by atoms with Gasteiger partial charge in [-0.05, 0) is 36.4 Å². The number of H-pyrrole nitrogens is 2. The molecule has 28 heavy (non-hydrogen) atoms. The lowest BCUT2D eigenvalue weighted by Gasteiger charge is -2.03. The second-order valence-electron chi connectivity index (χ2n) is 5.98. The Morgan fingerprint density at radius 2 is 1.93 bits per heavy atom. The fourth-order valence-electron chi connectivity index (χ4n) is 2.77. The summed E-state index contributed by atoms with van der Waals surface area (Å²) in [7, 11) is 0.